The van der Waals surface area contributed by atoms with Crippen LogP contribution in [0.5, 0.6) is 0 Å². The fourth-order valence-electron chi connectivity index (χ4n) is 2.82. The predicted octanol–water partition coefficient (Wildman–Crippen LogP) is 3.42. The lowest BCUT2D eigenvalue weighted by atomic mass is 10.2. The van der Waals surface area contributed by atoms with Gasteiger partial charge in [-0.3, -0.25) is 14.5 Å². The molecule has 26 heavy (non-hydrogen) atoms. The van der Waals surface area contributed by atoms with Crippen molar-refractivity contribution in [2.75, 3.05) is 6.54 Å². The van der Waals surface area contributed by atoms with Gasteiger partial charge < -0.3 is 14.1 Å². The monoisotopic (exact) mass is 390 g/mol. The third-order valence-electron chi connectivity index (χ3n) is 4.22. The van der Waals surface area contributed by atoms with Gasteiger partial charge in [-0.15, -0.1) is 0 Å². The summed E-state index contributed by atoms with van der Waals surface area (Å²) in [6, 6.07) is 5.79. The van der Waals surface area contributed by atoms with Crippen molar-refractivity contribution in [3.05, 3.63) is 52.1 Å². The van der Waals surface area contributed by atoms with Crippen LogP contribution >= 0.6 is 24.0 Å². The second-order valence-electron chi connectivity index (χ2n) is 5.97. The number of carboxylic acids is 1. The quantitative estimate of drug-likeness (QED) is 0.602. The highest BCUT2D eigenvalue weighted by Crippen LogP contribution is 2.33. The predicted molar refractivity (Wildman–Crippen MR) is 104 cm³/mol. The van der Waals surface area contributed by atoms with Crippen LogP contribution < -0.4 is 0 Å². The number of carbonyl (C=O) groups is 2. The minimum atomic E-state index is -0.954. The van der Waals surface area contributed by atoms with E-state index in [1.54, 1.807) is 6.26 Å². The summed E-state index contributed by atoms with van der Waals surface area (Å²) in [5.41, 5.74) is 3.02. The molecule has 0 saturated carbocycles. The fourth-order valence-corrected chi connectivity index (χ4v) is 4.12. The van der Waals surface area contributed by atoms with Gasteiger partial charge in [0.1, 0.15) is 10.1 Å². The zero-order chi connectivity index (χ0) is 18.8. The molecule has 1 saturated heterocycles. The number of aliphatic carboxylic acids is 1. The van der Waals surface area contributed by atoms with Crippen LogP contribution in [0.15, 0.2) is 33.8 Å². The Morgan fingerprint density at radius 3 is 2.85 bits per heavy atom. The maximum Gasteiger partial charge on any atom is 0.305 e. The number of nitrogens with zero attached hydrogens (tertiary/aromatic N) is 2. The molecule has 1 fully saturated rings. The Morgan fingerprint density at radius 2 is 2.19 bits per heavy atom. The molecule has 2 aromatic rings. The van der Waals surface area contributed by atoms with Gasteiger partial charge in [-0.05, 0) is 43.7 Å². The molecule has 1 N–H and O–H groups in total. The van der Waals surface area contributed by atoms with Gasteiger partial charge in [0.15, 0.2) is 0 Å². The average molecular weight is 390 g/mol. The van der Waals surface area contributed by atoms with E-state index in [1.807, 2.05) is 38.1 Å². The molecular weight excluding hydrogens is 372 g/mol. The van der Waals surface area contributed by atoms with E-state index in [0.29, 0.717) is 15.8 Å². The van der Waals surface area contributed by atoms with E-state index in [1.165, 1.54) is 16.7 Å². The number of thioether (sulfide) groups is 1. The van der Waals surface area contributed by atoms with Gasteiger partial charge in [0, 0.05) is 17.9 Å². The lowest BCUT2D eigenvalue weighted by Crippen LogP contribution is -2.30. The summed E-state index contributed by atoms with van der Waals surface area (Å²) in [6.45, 7) is 4.71. The van der Waals surface area contributed by atoms with E-state index in [0.717, 1.165) is 22.7 Å². The van der Waals surface area contributed by atoms with Gasteiger partial charge in [-0.2, -0.15) is 0 Å². The number of furan rings is 1. The molecule has 0 unspecified atom stereocenters. The third-order valence-corrected chi connectivity index (χ3v) is 5.59. The maximum absolute atomic E-state index is 12.5. The van der Waals surface area contributed by atoms with Crippen LogP contribution in [0.25, 0.3) is 6.08 Å². The molecule has 0 aliphatic carbocycles. The minimum absolute atomic E-state index is 0.0921. The standard InChI is InChI=1S/C18H18N2O4S2/c1-11-8-13(12(2)20(11)10-14-4-3-7-24-14)9-15-17(23)19(18(25)26-15)6-5-16(21)22/h3-4,7-9H,5-6,10H2,1-2H3,(H,21,22)/b15-9-. The number of aryl methyl sites for hydroxylation is 1. The molecule has 3 heterocycles. The van der Waals surface area contributed by atoms with Crippen molar-refractivity contribution in [1.82, 2.24) is 9.47 Å². The first-order chi connectivity index (χ1) is 12.4. The summed E-state index contributed by atoms with van der Waals surface area (Å²) in [6.07, 6.45) is 3.34. The normalized spacial score (nSPS) is 16.1. The Bertz CT molecular complexity index is 897. The molecule has 8 heteroatoms. The molecule has 1 aliphatic heterocycles. The number of aromatic nitrogens is 1. The first-order valence-corrected chi connectivity index (χ1v) is 9.25. The second-order valence-corrected chi connectivity index (χ2v) is 7.64. The van der Waals surface area contributed by atoms with Crippen LogP contribution in [-0.4, -0.2) is 37.3 Å². The number of amides is 1. The largest absolute Gasteiger partial charge is 0.481 e. The van der Waals surface area contributed by atoms with E-state index in [4.69, 9.17) is 21.7 Å². The van der Waals surface area contributed by atoms with Gasteiger partial charge in [0.25, 0.3) is 5.91 Å². The highest BCUT2D eigenvalue weighted by Gasteiger charge is 2.32. The zero-order valence-corrected chi connectivity index (χ0v) is 16.0. The molecule has 0 bridgehead atoms. The molecule has 6 nitrogen and oxygen atoms in total. The minimum Gasteiger partial charge on any atom is -0.481 e. The molecule has 0 radical (unpaired) electrons. The molecule has 2 aromatic heterocycles. The van der Waals surface area contributed by atoms with Crippen molar-refractivity contribution in [2.45, 2.75) is 26.8 Å². The number of hydrogen-bond acceptors (Lipinski definition) is 5. The van der Waals surface area contributed by atoms with Gasteiger partial charge in [-0.1, -0.05) is 24.0 Å². The molecule has 0 aromatic carbocycles. The van der Waals surface area contributed by atoms with Crippen molar-refractivity contribution in [2.24, 2.45) is 0 Å². The van der Waals surface area contributed by atoms with Crippen molar-refractivity contribution >= 4 is 46.3 Å². The third kappa shape index (κ3) is 3.76. The van der Waals surface area contributed by atoms with Crippen LogP contribution in [-0.2, 0) is 16.1 Å². The van der Waals surface area contributed by atoms with Crippen LogP contribution in [0.3, 0.4) is 0 Å². The maximum atomic E-state index is 12.5. The van der Waals surface area contributed by atoms with Crippen molar-refractivity contribution < 1.29 is 19.1 Å². The van der Waals surface area contributed by atoms with Crippen LogP contribution in [0, 0.1) is 13.8 Å². The topological polar surface area (TPSA) is 75.7 Å². The van der Waals surface area contributed by atoms with Crippen LogP contribution in [0.1, 0.15) is 29.1 Å². The van der Waals surface area contributed by atoms with E-state index >= 15 is 0 Å². The fraction of sp³-hybridized carbons (Fsp3) is 0.278. The summed E-state index contributed by atoms with van der Waals surface area (Å²) in [5.74, 6) is -0.333. The molecule has 0 atom stereocenters. The molecule has 3 rings (SSSR count). The number of thiocarbonyl (C=S) groups is 1. The SMILES string of the molecule is Cc1cc(/C=C2\SC(=S)N(CCC(=O)O)C2=O)c(C)n1Cc1ccco1. The first-order valence-electron chi connectivity index (χ1n) is 8.03. The van der Waals surface area contributed by atoms with Crippen molar-refractivity contribution in [3.63, 3.8) is 0 Å². The van der Waals surface area contributed by atoms with Crippen LogP contribution in [0.4, 0.5) is 0 Å². The summed E-state index contributed by atoms with van der Waals surface area (Å²) < 4.78 is 7.93. The average Bonchev–Trinajstić information content (AvgIpc) is 3.24. The highest BCUT2D eigenvalue weighted by molar-refractivity contribution is 8.26. The molecule has 0 spiro atoms. The lowest BCUT2D eigenvalue weighted by molar-refractivity contribution is -0.137. The Kier molecular flexibility index (Phi) is 5.33. The van der Waals surface area contributed by atoms with E-state index in [2.05, 4.69) is 4.57 Å². The summed E-state index contributed by atoms with van der Waals surface area (Å²) >= 11 is 6.43. The second kappa shape index (κ2) is 7.51. The first kappa shape index (κ1) is 18.5. The number of carbonyl (C=O) groups excluding carboxylic acids is 1. The Balaban J connectivity index is 1.83. The number of carboxylic acid groups (broad SMARTS) is 1. The molecular formula is C18H18N2O4S2. The van der Waals surface area contributed by atoms with Gasteiger partial charge in [0.2, 0.25) is 0 Å². The van der Waals surface area contributed by atoms with E-state index in [9.17, 15) is 9.59 Å². The number of hydrogen-bond donors (Lipinski definition) is 1. The lowest BCUT2D eigenvalue weighted by Gasteiger charge is -2.12. The Morgan fingerprint density at radius 1 is 1.42 bits per heavy atom. The van der Waals surface area contributed by atoms with E-state index < -0.39 is 5.97 Å². The van der Waals surface area contributed by atoms with Crippen LogP contribution in [0.2, 0.25) is 0 Å². The summed E-state index contributed by atoms with van der Waals surface area (Å²) in [4.78, 5) is 25.1. The van der Waals surface area contributed by atoms with Gasteiger partial charge >= 0.3 is 5.97 Å². The molecule has 136 valence electrons. The van der Waals surface area contributed by atoms with Gasteiger partial charge in [-0.25, -0.2) is 0 Å². The van der Waals surface area contributed by atoms with Crippen molar-refractivity contribution in [1.29, 1.82) is 0 Å². The van der Waals surface area contributed by atoms with Crippen molar-refractivity contribution in [3.8, 4) is 0 Å². The zero-order valence-electron chi connectivity index (χ0n) is 14.4. The summed E-state index contributed by atoms with van der Waals surface area (Å²) in [5, 5.41) is 8.81. The molecule has 1 amide bonds. The smallest absolute Gasteiger partial charge is 0.305 e. The Labute approximate surface area is 160 Å². The van der Waals surface area contributed by atoms with Gasteiger partial charge in [0.05, 0.1) is 24.1 Å². The summed E-state index contributed by atoms with van der Waals surface area (Å²) in [7, 11) is 0. The molecule has 1 aliphatic rings. The highest BCUT2D eigenvalue weighted by atomic mass is 32.2. The van der Waals surface area contributed by atoms with E-state index in [-0.39, 0.29) is 18.9 Å². The Hall–Kier alpha value is -2.32. The number of rotatable bonds is 6.